The number of carboxylic acids is 1. The van der Waals surface area contributed by atoms with E-state index in [2.05, 4.69) is 24.9 Å². The first kappa shape index (κ1) is 15.4. The van der Waals surface area contributed by atoms with Gasteiger partial charge in [0.15, 0.2) is 0 Å². The average Bonchev–Trinajstić information content (AvgIpc) is 2.95. The second kappa shape index (κ2) is 6.34. The molecule has 0 unspecified atom stereocenters. The van der Waals surface area contributed by atoms with Crippen LogP contribution < -0.4 is 0 Å². The fourth-order valence-corrected chi connectivity index (χ4v) is 3.34. The summed E-state index contributed by atoms with van der Waals surface area (Å²) >= 11 is 1.24. The molecule has 2 aromatic carbocycles. The highest BCUT2D eigenvalue weighted by atomic mass is 32.1. The molecule has 1 heterocycles. The first-order valence-corrected chi connectivity index (χ1v) is 8.21. The second-order valence-corrected chi connectivity index (χ2v) is 6.56. The minimum Gasteiger partial charge on any atom is -0.477 e. The lowest BCUT2D eigenvalue weighted by Crippen LogP contribution is -1.99. The van der Waals surface area contributed by atoms with Crippen molar-refractivity contribution < 1.29 is 9.90 Å². The molecule has 0 aliphatic rings. The van der Waals surface area contributed by atoms with Crippen LogP contribution in [0.4, 0.5) is 0 Å². The highest BCUT2D eigenvalue weighted by Crippen LogP contribution is 2.30. The van der Waals surface area contributed by atoms with Crippen LogP contribution in [0, 0.1) is 13.8 Å². The molecular weight excluding hydrogens is 306 g/mol. The van der Waals surface area contributed by atoms with Gasteiger partial charge in [0, 0.05) is 12.0 Å². The van der Waals surface area contributed by atoms with Crippen molar-refractivity contribution in [1.82, 2.24) is 4.98 Å². The van der Waals surface area contributed by atoms with Gasteiger partial charge in [-0.3, -0.25) is 0 Å². The molecule has 1 N–H and O–H groups in total. The molecule has 0 fully saturated rings. The molecule has 3 rings (SSSR count). The summed E-state index contributed by atoms with van der Waals surface area (Å²) in [6.45, 7) is 4.11. The third-order valence-corrected chi connectivity index (χ3v) is 4.99. The molecule has 0 radical (unpaired) electrons. The van der Waals surface area contributed by atoms with Crippen LogP contribution in [-0.2, 0) is 6.42 Å². The molecule has 0 saturated carbocycles. The van der Waals surface area contributed by atoms with E-state index in [-0.39, 0.29) is 0 Å². The molecule has 0 amide bonds. The van der Waals surface area contributed by atoms with Crippen LogP contribution in [0.1, 0.15) is 32.1 Å². The summed E-state index contributed by atoms with van der Waals surface area (Å²) in [6.07, 6.45) is 0.532. The summed E-state index contributed by atoms with van der Waals surface area (Å²) in [5, 5.41) is 10.2. The highest BCUT2D eigenvalue weighted by molar-refractivity contribution is 7.17. The number of nitrogens with zero attached hydrogens (tertiary/aromatic N) is 1. The number of benzene rings is 2. The standard InChI is InChI=1S/C19H17NO2S/c1-12-8-9-15(10-13(12)2)18-20-16(17(23-18)19(21)22)11-14-6-4-3-5-7-14/h3-10H,11H2,1-2H3,(H,21,22). The first-order chi connectivity index (χ1) is 11.0. The van der Waals surface area contributed by atoms with E-state index in [4.69, 9.17) is 0 Å². The van der Waals surface area contributed by atoms with Crippen LogP contribution in [0.3, 0.4) is 0 Å². The van der Waals surface area contributed by atoms with Gasteiger partial charge in [0.25, 0.3) is 0 Å². The molecular formula is C19H17NO2S. The first-order valence-electron chi connectivity index (χ1n) is 7.39. The van der Waals surface area contributed by atoms with Crippen molar-refractivity contribution in [2.24, 2.45) is 0 Å². The van der Waals surface area contributed by atoms with Gasteiger partial charge in [0.2, 0.25) is 0 Å². The van der Waals surface area contributed by atoms with Gasteiger partial charge >= 0.3 is 5.97 Å². The predicted molar refractivity (Wildman–Crippen MR) is 93.2 cm³/mol. The molecule has 4 heteroatoms. The van der Waals surface area contributed by atoms with Gasteiger partial charge in [-0.15, -0.1) is 11.3 Å². The zero-order chi connectivity index (χ0) is 16.4. The maximum atomic E-state index is 11.5. The maximum absolute atomic E-state index is 11.5. The van der Waals surface area contributed by atoms with Crippen LogP contribution in [0.25, 0.3) is 10.6 Å². The van der Waals surface area contributed by atoms with Crippen LogP contribution in [0.15, 0.2) is 48.5 Å². The van der Waals surface area contributed by atoms with Crippen molar-refractivity contribution in [2.75, 3.05) is 0 Å². The lowest BCUT2D eigenvalue weighted by atomic mass is 10.1. The van der Waals surface area contributed by atoms with Crippen molar-refractivity contribution in [3.8, 4) is 10.6 Å². The Balaban J connectivity index is 2.01. The summed E-state index contributed by atoms with van der Waals surface area (Å²) < 4.78 is 0. The minimum atomic E-state index is -0.913. The van der Waals surface area contributed by atoms with Crippen LogP contribution >= 0.6 is 11.3 Å². The fraction of sp³-hybridized carbons (Fsp3) is 0.158. The molecule has 1 aromatic heterocycles. The lowest BCUT2D eigenvalue weighted by molar-refractivity contribution is 0.0701. The Labute approximate surface area is 139 Å². The van der Waals surface area contributed by atoms with E-state index < -0.39 is 5.97 Å². The molecule has 116 valence electrons. The number of carbonyl (C=O) groups is 1. The number of hydrogen-bond acceptors (Lipinski definition) is 3. The van der Waals surface area contributed by atoms with E-state index in [1.165, 1.54) is 22.5 Å². The van der Waals surface area contributed by atoms with Gasteiger partial charge in [-0.2, -0.15) is 0 Å². The normalized spacial score (nSPS) is 10.7. The number of aromatic nitrogens is 1. The van der Waals surface area contributed by atoms with Crippen molar-refractivity contribution >= 4 is 17.3 Å². The summed E-state index contributed by atoms with van der Waals surface area (Å²) in [4.78, 5) is 16.5. The Morgan fingerprint density at radius 2 is 1.83 bits per heavy atom. The molecule has 0 aliphatic heterocycles. The number of aryl methyl sites for hydroxylation is 2. The van der Waals surface area contributed by atoms with Crippen LogP contribution in [0.2, 0.25) is 0 Å². The van der Waals surface area contributed by atoms with Gasteiger partial charge < -0.3 is 5.11 Å². The Bertz CT molecular complexity index is 853. The Hall–Kier alpha value is -2.46. The molecule has 0 aliphatic carbocycles. The minimum absolute atomic E-state index is 0.321. The Kier molecular flexibility index (Phi) is 4.26. The van der Waals surface area contributed by atoms with Gasteiger partial charge in [0.1, 0.15) is 9.88 Å². The van der Waals surface area contributed by atoms with Gasteiger partial charge in [-0.1, -0.05) is 42.5 Å². The summed E-state index contributed by atoms with van der Waals surface area (Å²) in [5.74, 6) is -0.913. The van der Waals surface area contributed by atoms with Gasteiger partial charge in [0.05, 0.1) is 5.69 Å². The zero-order valence-electron chi connectivity index (χ0n) is 13.0. The number of aromatic carboxylic acids is 1. The van der Waals surface area contributed by atoms with Crippen LogP contribution in [-0.4, -0.2) is 16.1 Å². The predicted octanol–water partition coefficient (Wildman–Crippen LogP) is 4.72. The Morgan fingerprint density at radius 3 is 2.48 bits per heavy atom. The van der Waals surface area contributed by atoms with E-state index in [1.807, 2.05) is 42.5 Å². The maximum Gasteiger partial charge on any atom is 0.347 e. The largest absolute Gasteiger partial charge is 0.477 e. The number of thiazole rings is 1. The highest BCUT2D eigenvalue weighted by Gasteiger charge is 2.18. The SMILES string of the molecule is Cc1ccc(-c2nc(Cc3ccccc3)c(C(=O)O)s2)cc1C. The topological polar surface area (TPSA) is 50.2 Å². The third kappa shape index (κ3) is 3.32. The molecule has 3 aromatic rings. The molecule has 23 heavy (non-hydrogen) atoms. The van der Waals surface area contributed by atoms with E-state index >= 15 is 0 Å². The molecule has 0 saturated heterocycles. The summed E-state index contributed by atoms with van der Waals surface area (Å²) in [6, 6.07) is 15.9. The zero-order valence-corrected chi connectivity index (χ0v) is 13.9. The van der Waals surface area contributed by atoms with Crippen LogP contribution in [0.5, 0.6) is 0 Å². The van der Waals surface area contributed by atoms with Gasteiger partial charge in [-0.25, -0.2) is 9.78 Å². The quantitative estimate of drug-likeness (QED) is 0.756. The number of hydrogen-bond donors (Lipinski definition) is 1. The number of carboxylic acid groups (broad SMARTS) is 1. The smallest absolute Gasteiger partial charge is 0.347 e. The molecule has 0 spiro atoms. The lowest BCUT2D eigenvalue weighted by Gasteiger charge is -2.02. The van der Waals surface area contributed by atoms with E-state index in [1.54, 1.807) is 0 Å². The van der Waals surface area contributed by atoms with E-state index in [9.17, 15) is 9.90 Å². The van der Waals surface area contributed by atoms with Crippen molar-refractivity contribution in [2.45, 2.75) is 20.3 Å². The Morgan fingerprint density at radius 1 is 1.09 bits per heavy atom. The second-order valence-electron chi connectivity index (χ2n) is 5.56. The van der Waals surface area contributed by atoms with Crippen molar-refractivity contribution in [1.29, 1.82) is 0 Å². The number of rotatable bonds is 4. The monoisotopic (exact) mass is 323 g/mol. The third-order valence-electron chi connectivity index (χ3n) is 3.86. The molecule has 3 nitrogen and oxygen atoms in total. The van der Waals surface area contributed by atoms with Crippen molar-refractivity contribution in [3.63, 3.8) is 0 Å². The van der Waals surface area contributed by atoms with E-state index in [0.717, 1.165) is 16.1 Å². The fourth-order valence-electron chi connectivity index (χ4n) is 2.43. The molecule has 0 bridgehead atoms. The average molecular weight is 323 g/mol. The van der Waals surface area contributed by atoms with Gasteiger partial charge in [-0.05, 0) is 36.6 Å². The molecule has 0 atom stereocenters. The van der Waals surface area contributed by atoms with Crippen molar-refractivity contribution in [3.05, 3.63) is 75.8 Å². The summed E-state index contributed by atoms with van der Waals surface area (Å²) in [7, 11) is 0. The summed E-state index contributed by atoms with van der Waals surface area (Å²) in [5.41, 5.74) is 5.06. The van der Waals surface area contributed by atoms with E-state index in [0.29, 0.717) is 17.0 Å².